The number of benzene rings is 1. The molecule has 2 rings (SSSR count). The van der Waals surface area contributed by atoms with Crippen LogP contribution in [0.5, 0.6) is 0 Å². The molecular formula is C11H14F2N2. The number of anilines is 1. The third kappa shape index (κ3) is 2.65. The van der Waals surface area contributed by atoms with E-state index in [2.05, 4.69) is 0 Å². The van der Waals surface area contributed by atoms with E-state index in [-0.39, 0.29) is 13.0 Å². The van der Waals surface area contributed by atoms with Crippen molar-refractivity contribution in [3.05, 3.63) is 29.8 Å². The molecule has 1 heterocycles. The molecule has 0 spiro atoms. The number of nitrogen functional groups attached to an aromatic ring is 1. The molecule has 1 aromatic rings. The van der Waals surface area contributed by atoms with Crippen LogP contribution in [0.3, 0.4) is 0 Å². The largest absolute Gasteiger partial charge is 0.399 e. The fourth-order valence-electron chi connectivity index (χ4n) is 1.82. The summed E-state index contributed by atoms with van der Waals surface area (Å²) >= 11 is 0. The molecule has 1 saturated heterocycles. The van der Waals surface area contributed by atoms with Crippen molar-refractivity contribution in [1.29, 1.82) is 0 Å². The van der Waals surface area contributed by atoms with Gasteiger partial charge in [0.05, 0.1) is 6.54 Å². The van der Waals surface area contributed by atoms with Crippen molar-refractivity contribution >= 4 is 5.69 Å². The summed E-state index contributed by atoms with van der Waals surface area (Å²) in [7, 11) is 0. The van der Waals surface area contributed by atoms with Gasteiger partial charge in [-0.15, -0.1) is 0 Å². The molecule has 1 aromatic carbocycles. The van der Waals surface area contributed by atoms with Gasteiger partial charge in [0.15, 0.2) is 0 Å². The van der Waals surface area contributed by atoms with Gasteiger partial charge in [-0.3, -0.25) is 4.90 Å². The molecule has 0 amide bonds. The molecule has 0 unspecified atom stereocenters. The summed E-state index contributed by atoms with van der Waals surface area (Å²) in [6.07, 6.45) is -0.0258. The summed E-state index contributed by atoms with van der Waals surface area (Å²) in [6.45, 7) is 0.921. The first-order chi connectivity index (χ1) is 7.05. The number of nitrogens with zero attached hydrogens (tertiary/aromatic N) is 1. The van der Waals surface area contributed by atoms with Crippen molar-refractivity contribution in [1.82, 2.24) is 4.90 Å². The Bertz CT molecular complexity index is 335. The van der Waals surface area contributed by atoms with Crippen molar-refractivity contribution in [2.24, 2.45) is 0 Å². The number of alkyl halides is 2. The van der Waals surface area contributed by atoms with Crippen LogP contribution in [0.2, 0.25) is 0 Å². The Labute approximate surface area is 87.7 Å². The first-order valence-corrected chi connectivity index (χ1v) is 5.00. The summed E-state index contributed by atoms with van der Waals surface area (Å²) in [5, 5.41) is 0. The van der Waals surface area contributed by atoms with Gasteiger partial charge in [0.1, 0.15) is 0 Å². The van der Waals surface area contributed by atoms with E-state index in [1.54, 1.807) is 17.0 Å². The molecule has 1 aliphatic rings. The highest BCUT2D eigenvalue weighted by atomic mass is 19.3. The van der Waals surface area contributed by atoms with Crippen molar-refractivity contribution in [2.45, 2.75) is 18.9 Å². The zero-order chi connectivity index (χ0) is 10.9. The molecule has 0 bridgehead atoms. The number of likely N-dealkylation sites (tertiary alicyclic amines) is 1. The SMILES string of the molecule is Nc1ccc(CN2CCC(F)(F)C2)cc1. The molecule has 0 atom stereocenters. The highest BCUT2D eigenvalue weighted by Crippen LogP contribution is 2.27. The van der Waals surface area contributed by atoms with Gasteiger partial charge in [0.2, 0.25) is 0 Å². The predicted molar refractivity (Wildman–Crippen MR) is 55.7 cm³/mol. The molecule has 4 heteroatoms. The maximum atomic E-state index is 12.9. The minimum absolute atomic E-state index is 0.0258. The molecule has 2 N–H and O–H groups in total. The van der Waals surface area contributed by atoms with Crippen molar-refractivity contribution in [2.75, 3.05) is 18.8 Å². The topological polar surface area (TPSA) is 29.3 Å². The molecule has 0 saturated carbocycles. The van der Waals surface area contributed by atoms with E-state index in [9.17, 15) is 8.78 Å². The number of hydrogen-bond acceptors (Lipinski definition) is 2. The monoisotopic (exact) mass is 212 g/mol. The lowest BCUT2D eigenvalue weighted by atomic mass is 10.2. The van der Waals surface area contributed by atoms with Gasteiger partial charge in [-0.1, -0.05) is 12.1 Å². The molecule has 2 nitrogen and oxygen atoms in total. The second kappa shape index (κ2) is 3.77. The maximum absolute atomic E-state index is 12.9. The average molecular weight is 212 g/mol. The Morgan fingerprint density at radius 1 is 1.27 bits per heavy atom. The summed E-state index contributed by atoms with van der Waals surface area (Å²) in [5.41, 5.74) is 7.27. The first kappa shape index (κ1) is 10.4. The summed E-state index contributed by atoms with van der Waals surface area (Å²) in [4.78, 5) is 1.77. The highest BCUT2D eigenvalue weighted by Gasteiger charge is 2.37. The molecule has 82 valence electrons. The first-order valence-electron chi connectivity index (χ1n) is 5.00. The lowest BCUT2D eigenvalue weighted by molar-refractivity contribution is 0.0115. The summed E-state index contributed by atoms with van der Waals surface area (Å²) in [6, 6.07) is 7.35. The third-order valence-corrected chi connectivity index (χ3v) is 2.63. The quantitative estimate of drug-likeness (QED) is 0.761. The second-order valence-electron chi connectivity index (χ2n) is 4.06. The number of rotatable bonds is 2. The molecular weight excluding hydrogens is 198 g/mol. The zero-order valence-corrected chi connectivity index (χ0v) is 8.42. The molecule has 0 aromatic heterocycles. The summed E-state index contributed by atoms with van der Waals surface area (Å²) < 4.78 is 25.8. The maximum Gasteiger partial charge on any atom is 0.261 e. The van der Waals surface area contributed by atoms with Crippen LogP contribution in [0.25, 0.3) is 0 Å². The Hall–Kier alpha value is -1.16. The Morgan fingerprint density at radius 3 is 2.47 bits per heavy atom. The van der Waals surface area contributed by atoms with Gasteiger partial charge in [0, 0.05) is 25.2 Å². The Morgan fingerprint density at radius 2 is 1.93 bits per heavy atom. The summed E-state index contributed by atoms with van der Waals surface area (Å²) in [5.74, 6) is -2.51. The minimum atomic E-state index is -2.51. The van der Waals surface area contributed by atoms with E-state index < -0.39 is 5.92 Å². The number of hydrogen-bond donors (Lipinski definition) is 1. The normalized spacial score (nSPS) is 20.7. The van der Waals surface area contributed by atoms with E-state index in [4.69, 9.17) is 5.73 Å². The van der Waals surface area contributed by atoms with E-state index in [0.29, 0.717) is 18.8 Å². The fourth-order valence-corrected chi connectivity index (χ4v) is 1.82. The van der Waals surface area contributed by atoms with Gasteiger partial charge in [-0.25, -0.2) is 8.78 Å². The van der Waals surface area contributed by atoms with Gasteiger partial charge >= 0.3 is 0 Å². The molecule has 0 radical (unpaired) electrons. The third-order valence-electron chi connectivity index (χ3n) is 2.63. The fraction of sp³-hybridized carbons (Fsp3) is 0.455. The molecule has 15 heavy (non-hydrogen) atoms. The van der Waals surface area contributed by atoms with Crippen molar-refractivity contribution in [3.8, 4) is 0 Å². The van der Waals surface area contributed by atoms with E-state index in [1.807, 2.05) is 12.1 Å². The van der Waals surface area contributed by atoms with Crippen LogP contribution in [0.15, 0.2) is 24.3 Å². The van der Waals surface area contributed by atoms with Crippen molar-refractivity contribution < 1.29 is 8.78 Å². The van der Waals surface area contributed by atoms with Crippen LogP contribution in [0, 0.1) is 0 Å². The number of halogens is 2. The molecule has 1 aliphatic heterocycles. The van der Waals surface area contributed by atoms with E-state index in [1.165, 1.54) is 0 Å². The van der Waals surface area contributed by atoms with Crippen LogP contribution < -0.4 is 5.73 Å². The molecule has 1 fully saturated rings. The Kier molecular flexibility index (Phi) is 2.61. The van der Waals surface area contributed by atoms with Gasteiger partial charge in [-0.05, 0) is 17.7 Å². The molecule has 0 aliphatic carbocycles. The lowest BCUT2D eigenvalue weighted by Crippen LogP contribution is -2.24. The smallest absolute Gasteiger partial charge is 0.261 e. The van der Waals surface area contributed by atoms with Crippen LogP contribution in [-0.4, -0.2) is 23.9 Å². The Balaban J connectivity index is 1.96. The lowest BCUT2D eigenvalue weighted by Gasteiger charge is -2.15. The minimum Gasteiger partial charge on any atom is -0.399 e. The predicted octanol–water partition coefficient (Wildman–Crippen LogP) is 2.11. The average Bonchev–Trinajstić information content (AvgIpc) is 2.50. The highest BCUT2D eigenvalue weighted by molar-refractivity contribution is 5.39. The van der Waals surface area contributed by atoms with Crippen LogP contribution >= 0.6 is 0 Å². The van der Waals surface area contributed by atoms with Gasteiger partial charge in [-0.2, -0.15) is 0 Å². The van der Waals surface area contributed by atoms with Crippen molar-refractivity contribution in [3.63, 3.8) is 0 Å². The van der Waals surface area contributed by atoms with E-state index >= 15 is 0 Å². The van der Waals surface area contributed by atoms with E-state index in [0.717, 1.165) is 5.56 Å². The van der Waals surface area contributed by atoms with Gasteiger partial charge in [0.25, 0.3) is 5.92 Å². The number of nitrogens with two attached hydrogens (primary N) is 1. The standard InChI is InChI=1S/C11H14F2N2/c12-11(13)5-6-15(8-11)7-9-1-3-10(14)4-2-9/h1-4H,5-8,14H2. The van der Waals surface area contributed by atoms with Crippen LogP contribution in [0.1, 0.15) is 12.0 Å². The second-order valence-corrected chi connectivity index (χ2v) is 4.06. The van der Waals surface area contributed by atoms with Crippen LogP contribution in [0.4, 0.5) is 14.5 Å². The zero-order valence-electron chi connectivity index (χ0n) is 8.42. The van der Waals surface area contributed by atoms with Crippen LogP contribution in [-0.2, 0) is 6.54 Å². The van der Waals surface area contributed by atoms with Gasteiger partial charge < -0.3 is 5.73 Å².